The number of halogens is 1. The van der Waals surface area contributed by atoms with E-state index in [0.29, 0.717) is 12.4 Å². The second kappa shape index (κ2) is 6.29. The molecule has 98 valence electrons. The van der Waals surface area contributed by atoms with Gasteiger partial charge in [-0.1, -0.05) is 34.1 Å². The molecule has 0 bridgehead atoms. The zero-order valence-electron chi connectivity index (χ0n) is 10.4. The van der Waals surface area contributed by atoms with Crippen molar-refractivity contribution in [3.8, 4) is 0 Å². The molecule has 0 radical (unpaired) electrons. The summed E-state index contributed by atoms with van der Waals surface area (Å²) < 4.78 is 0.955. The molecule has 19 heavy (non-hydrogen) atoms. The Hall–Kier alpha value is -1.95. The Kier molecular flexibility index (Phi) is 4.46. The smallest absolute Gasteiger partial charge is 0.246 e. The summed E-state index contributed by atoms with van der Waals surface area (Å²) in [5, 5.41) is 6.46. The number of amides is 1. The molecule has 0 aliphatic heterocycles. The van der Waals surface area contributed by atoms with Gasteiger partial charge in [-0.15, -0.1) is 0 Å². The summed E-state index contributed by atoms with van der Waals surface area (Å²) in [6.07, 6.45) is 4.74. The number of H-pyrrole nitrogens is 1. The molecule has 5 nitrogen and oxygen atoms in total. The number of carbonyl (C=O) groups excluding carboxylic acids is 1. The molecule has 0 aliphatic carbocycles. The van der Waals surface area contributed by atoms with Crippen molar-refractivity contribution in [2.45, 2.75) is 6.54 Å². The van der Waals surface area contributed by atoms with E-state index < -0.39 is 0 Å². The lowest BCUT2D eigenvalue weighted by atomic mass is 10.2. The fourth-order valence-corrected chi connectivity index (χ4v) is 1.93. The van der Waals surface area contributed by atoms with Gasteiger partial charge < -0.3 is 4.90 Å². The Morgan fingerprint density at radius 3 is 2.95 bits per heavy atom. The monoisotopic (exact) mass is 320 g/mol. The van der Waals surface area contributed by atoms with Crippen LogP contribution in [0.5, 0.6) is 0 Å². The summed E-state index contributed by atoms with van der Waals surface area (Å²) >= 11 is 3.43. The van der Waals surface area contributed by atoms with Gasteiger partial charge in [0.15, 0.2) is 0 Å². The maximum absolute atomic E-state index is 11.9. The number of aromatic nitrogens is 3. The number of nitrogens with zero attached hydrogens (tertiary/aromatic N) is 3. The van der Waals surface area contributed by atoms with Crippen molar-refractivity contribution in [2.75, 3.05) is 7.05 Å². The second-order valence-electron chi connectivity index (χ2n) is 3.98. The molecule has 1 aromatic heterocycles. The van der Waals surface area contributed by atoms with Gasteiger partial charge in [0.05, 0.1) is 6.54 Å². The average Bonchev–Trinajstić information content (AvgIpc) is 2.90. The highest BCUT2D eigenvalue weighted by Crippen LogP contribution is 2.17. The molecule has 0 spiro atoms. The number of carbonyl (C=O) groups is 1. The molecule has 0 atom stereocenters. The highest BCUT2D eigenvalue weighted by Gasteiger charge is 2.07. The van der Waals surface area contributed by atoms with Crippen molar-refractivity contribution < 1.29 is 4.79 Å². The lowest BCUT2D eigenvalue weighted by molar-refractivity contribution is -0.125. The van der Waals surface area contributed by atoms with Gasteiger partial charge in [0, 0.05) is 17.6 Å². The molecule has 1 amide bonds. The fraction of sp³-hybridized carbons (Fsp3) is 0.154. The maximum Gasteiger partial charge on any atom is 0.246 e. The van der Waals surface area contributed by atoms with E-state index in [2.05, 4.69) is 31.1 Å². The molecule has 1 aromatic carbocycles. The molecule has 0 fully saturated rings. The number of hydrogen-bond donors (Lipinski definition) is 1. The molecule has 1 heterocycles. The average molecular weight is 321 g/mol. The van der Waals surface area contributed by atoms with Gasteiger partial charge in [0.1, 0.15) is 12.2 Å². The Morgan fingerprint density at radius 1 is 1.47 bits per heavy atom. The number of hydrogen-bond acceptors (Lipinski definition) is 3. The van der Waals surface area contributed by atoms with Crippen LogP contribution in [-0.2, 0) is 11.3 Å². The van der Waals surface area contributed by atoms with Crippen molar-refractivity contribution in [2.24, 2.45) is 0 Å². The van der Waals surface area contributed by atoms with E-state index in [1.807, 2.05) is 24.3 Å². The summed E-state index contributed by atoms with van der Waals surface area (Å²) in [5.74, 6) is 0.567. The lowest BCUT2D eigenvalue weighted by Gasteiger charge is -2.12. The summed E-state index contributed by atoms with van der Waals surface area (Å²) in [5.41, 5.74) is 0.962. The number of benzene rings is 1. The molecule has 2 rings (SSSR count). The standard InChI is InChI=1S/C13H13BrN4O/c1-18(8-12-15-9-16-17-12)13(19)7-6-10-4-2-3-5-11(10)14/h2-7,9H,8H2,1H3,(H,15,16,17). The third-order valence-electron chi connectivity index (χ3n) is 2.54. The lowest BCUT2D eigenvalue weighted by Crippen LogP contribution is -2.24. The van der Waals surface area contributed by atoms with Crippen LogP contribution >= 0.6 is 15.9 Å². The van der Waals surface area contributed by atoms with Crippen LogP contribution in [0.15, 0.2) is 41.1 Å². The van der Waals surface area contributed by atoms with Gasteiger partial charge in [-0.2, -0.15) is 5.10 Å². The quantitative estimate of drug-likeness (QED) is 0.879. The number of nitrogens with one attached hydrogen (secondary N) is 1. The largest absolute Gasteiger partial charge is 0.335 e. The number of rotatable bonds is 4. The first-order chi connectivity index (χ1) is 9.16. The molecule has 6 heteroatoms. The SMILES string of the molecule is CN(Cc1ncn[nH]1)C(=O)C=Cc1ccccc1Br. The highest BCUT2D eigenvalue weighted by atomic mass is 79.9. The minimum Gasteiger partial charge on any atom is -0.335 e. The Labute approximate surface area is 119 Å². The molecular weight excluding hydrogens is 308 g/mol. The van der Waals surface area contributed by atoms with Gasteiger partial charge in [-0.3, -0.25) is 9.89 Å². The van der Waals surface area contributed by atoms with Gasteiger partial charge in [-0.05, 0) is 17.7 Å². The zero-order valence-corrected chi connectivity index (χ0v) is 12.0. The number of likely N-dealkylation sites (N-methyl/N-ethyl adjacent to an activating group) is 1. The van der Waals surface area contributed by atoms with Gasteiger partial charge in [0.25, 0.3) is 0 Å². The summed E-state index contributed by atoms with van der Waals surface area (Å²) in [6, 6.07) is 7.72. The van der Waals surface area contributed by atoms with Gasteiger partial charge in [0.2, 0.25) is 5.91 Å². The summed E-state index contributed by atoms with van der Waals surface area (Å²) in [4.78, 5) is 17.5. The highest BCUT2D eigenvalue weighted by molar-refractivity contribution is 9.10. The predicted octanol–water partition coefficient (Wildman–Crippen LogP) is 2.24. The van der Waals surface area contributed by atoms with E-state index in [-0.39, 0.29) is 5.91 Å². The molecule has 0 aliphatic rings. The fourth-order valence-electron chi connectivity index (χ4n) is 1.51. The van der Waals surface area contributed by atoms with Crippen molar-refractivity contribution in [1.29, 1.82) is 0 Å². The second-order valence-corrected chi connectivity index (χ2v) is 4.84. The Bertz CT molecular complexity index is 580. The first kappa shape index (κ1) is 13.5. The van der Waals surface area contributed by atoms with Crippen LogP contribution in [-0.4, -0.2) is 33.0 Å². The molecule has 0 saturated heterocycles. The Morgan fingerprint density at radius 2 is 2.26 bits per heavy atom. The Balaban J connectivity index is 1.99. The van der Waals surface area contributed by atoms with Crippen LogP contribution < -0.4 is 0 Å². The van der Waals surface area contributed by atoms with Crippen LogP contribution in [0.25, 0.3) is 6.08 Å². The third kappa shape index (κ3) is 3.75. The molecular formula is C13H13BrN4O. The van der Waals surface area contributed by atoms with E-state index in [9.17, 15) is 4.79 Å². The summed E-state index contributed by atoms with van der Waals surface area (Å²) in [7, 11) is 1.72. The first-order valence-electron chi connectivity index (χ1n) is 5.69. The third-order valence-corrected chi connectivity index (χ3v) is 3.26. The number of aromatic amines is 1. The van der Waals surface area contributed by atoms with Crippen molar-refractivity contribution in [3.05, 3.63) is 52.5 Å². The van der Waals surface area contributed by atoms with Crippen LogP contribution in [0, 0.1) is 0 Å². The van der Waals surface area contributed by atoms with E-state index >= 15 is 0 Å². The molecule has 0 unspecified atom stereocenters. The predicted molar refractivity (Wildman–Crippen MR) is 76.0 cm³/mol. The molecule has 1 N–H and O–H groups in total. The van der Waals surface area contributed by atoms with E-state index in [1.54, 1.807) is 18.0 Å². The minimum absolute atomic E-state index is 0.0906. The normalized spacial score (nSPS) is 10.8. The van der Waals surface area contributed by atoms with Crippen molar-refractivity contribution in [3.63, 3.8) is 0 Å². The summed E-state index contributed by atoms with van der Waals surface area (Å²) in [6.45, 7) is 0.402. The van der Waals surface area contributed by atoms with Crippen molar-refractivity contribution in [1.82, 2.24) is 20.1 Å². The van der Waals surface area contributed by atoms with Crippen LogP contribution in [0.1, 0.15) is 11.4 Å². The maximum atomic E-state index is 11.9. The first-order valence-corrected chi connectivity index (χ1v) is 6.48. The molecule has 0 saturated carbocycles. The van der Waals surface area contributed by atoms with Crippen molar-refractivity contribution >= 4 is 27.9 Å². The van der Waals surface area contributed by atoms with Gasteiger partial charge in [-0.25, -0.2) is 4.98 Å². The zero-order chi connectivity index (χ0) is 13.7. The van der Waals surface area contributed by atoms with Crippen LogP contribution in [0.2, 0.25) is 0 Å². The molecule has 2 aromatic rings. The van der Waals surface area contributed by atoms with E-state index in [4.69, 9.17) is 0 Å². The minimum atomic E-state index is -0.0906. The van der Waals surface area contributed by atoms with Gasteiger partial charge >= 0.3 is 0 Å². The van der Waals surface area contributed by atoms with Crippen LogP contribution in [0.3, 0.4) is 0 Å². The van der Waals surface area contributed by atoms with Crippen LogP contribution in [0.4, 0.5) is 0 Å². The van der Waals surface area contributed by atoms with E-state index in [1.165, 1.54) is 12.4 Å². The van der Waals surface area contributed by atoms with E-state index in [0.717, 1.165) is 10.0 Å². The topological polar surface area (TPSA) is 61.9 Å².